The third-order valence-corrected chi connectivity index (χ3v) is 4.68. The molecular formula is C17H27N3. The SMILES string of the molecule is c1ccc(CNCCN2CCC(N3CCCC3)C2)cc1. The highest BCUT2D eigenvalue weighted by Gasteiger charge is 2.28. The van der Waals surface area contributed by atoms with Gasteiger partial charge < -0.3 is 10.2 Å². The molecule has 2 saturated heterocycles. The summed E-state index contributed by atoms with van der Waals surface area (Å²) in [5.41, 5.74) is 1.38. The Morgan fingerprint density at radius 3 is 2.65 bits per heavy atom. The van der Waals surface area contributed by atoms with Gasteiger partial charge in [0.05, 0.1) is 0 Å². The molecule has 0 aliphatic carbocycles. The van der Waals surface area contributed by atoms with Crippen LogP contribution in [0.3, 0.4) is 0 Å². The highest BCUT2D eigenvalue weighted by Crippen LogP contribution is 2.19. The van der Waals surface area contributed by atoms with E-state index in [1.165, 1.54) is 57.5 Å². The van der Waals surface area contributed by atoms with Crippen molar-refractivity contribution in [1.29, 1.82) is 0 Å². The van der Waals surface area contributed by atoms with Gasteiger partial charge in [-0.3, -0.25) is 4.90 Å². The Morgan fingerprint density at radius 2 is 1.85 bits per heavy atom. The maximum absolute atomic E-state index is 3.56. The summed E-state index contributed by atoms with van der Waals surface area (Å²) >= 11 is 0. The maximum atomic E-state index is 3.56. The van der Waals surface area contributed by atoms with Crippen molar-refractivity contribution in [2.24, 2.45) is 0 Å². The van der Waals surface area contributed by atoms with Gasteiger partial charge in [-0.15, -0.1) is 0 Å². The molecule has 2 fully saturated rings. The first-order chi connectivity index (χ1) is 9.92. The molecule has 2 heterocycles. The molecule has 0 spiro atoms. The van der Waals surface area contributed by atoms with Gasteiger partial charge in [0, 0.05) is 32.2 Å². The van der Waals surface area contributed by atoms with Crippen LogP contribution >= 0.6 is 0 Å². The number of likely N-dealkylation sites (tertiary alicyclic amines) is 2. The molecule has 0 saturated carbocycles. The molecule has 0 amide bonds. The fraction of sp³-hybridized carbons (Fsp3) is 0.647. The highest BCUT2D eigenvalue weighted by molar-refractivity contribution is 5.14. The number of nitrogens with one attached hydrogen (secondary N) is 1. The lowest BCUT2D eigenvalue weighted by Gasteiger charge is -2.23. The van der Waals surface area contributed by atoms with Crippen LogP contribution in [-0.4, -0.2) is 55.1 Å². The lowest BCUT2D eigenvalue weighted by atomic mass is 10.2. The average molecular weight is 273 g/mol. The van der Waals surface area contributed by atoms with E-state index in [0.29, 0.717) is 0 Å². The Kier molecular flexibility index (Phi) is 5.06. The highest BCUT2D eigenvalue weighted by atomic mass is 15.3. The molecule has 20 heavy (non-hydrogen) atoms. The van der Waals surface area contributed by atoms with Gasteiger partial charge in [0.25, 0.3) is 0 Å². The smallest absolute Gasteiger partial charge is 0.0235 e. The van der Waals surface area contributed by atoms with E-state index in [9.17, 15) is 0 Å². The minimum absolute atomic E-state index is 0.839. The van der Waals surface area contributed by atoms with Gasteiger partial charge in [-0.25, -0.2) is 0 Å². The summed E-state index contributed by atoms with van der Waals surface area (Å²) in [5.74, 6) is 0. The fourth-order valence-corrected chi connectivity index (χ4v) is 3.49. The van der Waals surface area contributed by atoms with Crippen LogP contribution in [0.15, 0.2) is 30.3 Å². The molecule has 3 rings (SSSR count). The van der Waals surface area contributed by atoms with E-state index >= 15 is 0 Å². The van der Waals surface area contributed by atoms with Gasteiger partial charge in [0.15, 0.2) is 0 Å². The molecule has 0 bridgehead atoms. The number of hydrogen-bond donors (Lipinski definition) is 1. The summed E-state index contributed by atoms with van der Waals surface area (Å²) < 4.78 is 0. The van der Waals surface area contributed by atoms with Crippen LogP contribution in [-0.2, 0) is 6.54 Å². The predicted octanol–water partition coefficient (Wildman–Crippen LogP) is 1.95. The predicted molar refractivity (Wildman–Crippen MR) is 83.8 cm³/mol. The van der Waals surface area contributed by atoms with Crippen LogP contribution in [0.2, 0.25) is 0 Å². The maximum Gasteiger partial charge on any atom is 0.0235 e. The van der Waals surface area contributed by atoms with E-state index < -0.39 is 0 Å². The topological polar surface area (TPSA) is 18.5 Å². The number of nitrogens with zero attached hydrogens (tertiary/aromatic N) is 2. The Morgan fingerprint density at radius 1 is 1.05 bits per heavy atom. The summed E-state index contributed by atoms with van der Waals surface area (Å²) in [5, 5.41) is 3.56. The fourth-order valence-electron chi connectivity index (χ4n) is 3.49. The van der Waals surface area contributed by atoms with Gasteiger partial charge in [0.1, 0.15) is 0 Å². The third-order valence-electron chi connectivity index (χ3n) is 4.68. The Labute approximate surface area is 123 Å². The third kappa shape index (κ3) is 3.81. The van der Waals surface area contributed by atoms with E-state index in [4.69, 9.17) is 0 Å². The van der Waals surface area contributed by atoms with Crippen LogP contribution in [0.25, 0.3) is 0 Å². The van der Waals surface area contributed by atoms with Gasteiger partial charge in [-0.2, -0.15) is 0 Å². The standard InChI is InChI=1S/C17H27N3/c1-2-6-16(7-3-1)14-18-9-13-19-12-8-17(15-19)20-10-4-5-11-20/h1-3,6-7,17-18H,4-5,8-15H2. The van der Waals surface area contributed by atoms with E-state index in [1.807, 2.05) is 0 Å². The largest absolute Gasteiger partial charge is 0.311 e. The first-order valence-electron chi connectivity index (χ1n) is 8.13. The molecule has 3 heteroatoms. The van der Waals surface area contributed by atoms with Crippen molar-refractivity contribution < 1.29 is 0 Å². The van der Waals surface area contributed by atoms with E-state index in [-0.39, 0.29) is 0 Å². The van der Waals surface area contributed by atoms with Crippen molar-refractivity contribution in [3.8, 4) is 0 Å². The summed E-state index contributed by atoms with van der Waals surface area (Å²) in [6.45, 7) is 8.53. The molecule has 0 aromatic heterocycles. The number of benzene rings is 1. The molecule has 0 radical (unpaired) electrons. The normalized spacial score (nSPS) is 24.5. The summed E-state index contributed by atoms with van der Waals surface area (Å²) in [6.07, 6.45) is 4.20. The van der Waals surface area contributed by atoms with E-state index in [0.717, 1.165) is 19.1 Å². The van der Waals surface area contributed by atoms with Gasteiger partial charge in [0.2, 0.25) is 0 Å². The van der Waals surface area contributed by atoms with Crippen molar-refractivity contribution in [2.75, 3.05) is 39.3 Å². The quantitative estimate of drug-likeness (QED) is 0.799. The lowest BCUT2D eigenvalue weighted by molar-refractivity contribution is 0.232. The molecule has 110 valence electrons. The summed E-state index contributed by atoms with van der Waals surface area (Å²) in [4.78, 5) is 5.33. The number of hydrogen-bond acceptors (Lipinski definition) is 3. The molecule has 1 aromatic rings. The zero-order valence-electron chi connectivity index (χ0n) is 12.4. The first kappa shape index (κ1) is 14.1. The molecule has 1 N–H and O–H groups in total. The molecule has 2 aliphatic heterocycles. The van der Waals surface area contributed by atoms with Gasteiger partial charge in [-0.1, -0.05) is 30.3 Å². The second-order valence-corrected chi connectivity index (χ2v) is 6.15. The van der Waals surface area contributed by atoms with E-state index in [2.05, 4.69) is 45.4 Å². The van der Waals surface area contributed by atoms with Crippen LogP contribution in [0.1, 0.15) is 24.8 Å². The van der Waals surface area contributed by atoms with Crippen LogP contribution in [0.4, 0.5) is 0 Å². The van der Waals surface area contributed by atoms with Crippen LogP contribution in [0.5, 0.6) is 0 Å². The van der Waals surface area contributed by atoms with Crippen LogP contribution in [0, 0.1) is 0 Å². The van der Waals surface area contributed by atoms with Crippen LogP contribution < -0.4 is 5.32 Å². The molecule has 1 unspecified atom stereocenters. The minimum atomic E-state index is 0.839. The second-order valence-electron chi connectivity index (χ2n) is 6.15. The van der Waals surface area contributed by atoms with Gasteiger partial charge in [-0.05, 0) is 44.5 Å². The van der Waals surface area contributed by atoms with Crippen molar-refractivity contribution in [1.82, 2.24) is 15.1 Å². The number of rotatable bonds is 6. The van der Waals surface area contributed by atoms with Crippen molar-refractivity contribution in [3.05, 3.63) is 35.9 Å². The Hall–Kier alpha value is -0.900. The minimum Gasteiger partial charge on any atom is -0.311 e. The zero-order chi connectivity index (χ0) is 13.6. The van der Waals surface area contributed by atoms with Gasteiger partial charge >= 0.3 is 0 Å². The van der Waals surface area contributed by atoms with Crippen molar-refractivity contribution in [2.45, 2.75) is 31.8 Å². The first-order valence-corrected chi connectivity index (χ1v) is 8.13. The molecule has 3 nitrogen and oxygen atoms in total. The van der Waals surface area contributed by atoms with Crippen molar-refractivity contribution >= 4 is 0 Å². The monoisotopic (exact) mass is 273 g/mol. The molecular weight excluding hydrogens is 246 g/mol. The Bertz CT molecular complexity index is 386. The summed E-state index contributed by atoms with van der Waals surface area (Å²) in [7, 11) is 0. The Balaban J connectivity index is 1.31. The zero-order valence-corrected chi connectivity index (χ0v) is 12.4. The second kappa shape index (κ2) is 7.21. The average Bonchev–Trinajstić information content (AvgIpc) is 3.15. The lowest BCUT2D eigenvalue weighted by Crippen LogP contribution is -2.37. The molecule has 2 aliphatic rings. The molecule has 1 atom stereocenters. The molecule has 1 aromatic carbocycles. The van der Waals surface area contributed by atoms with E-state index in [1.54, 1.807) is 0 Å². The summed E-state index contributed by atoms with van der Waals surface area (Å²) in [6, 6.07) is 11.5. The van der Waals surface area contributed by atoms with Crippen molar-refractivity contribution in [3.63, 3.8) is 0 Å².